The fourth-order valence-electron chi connectivity index (χ4n) is 2.07. The van der Waals surface area contributed by atoms with Crippen LogP contribution in [0.5, 0.6) is 0 Å². The predicted octanol–water partition coefficient (Wildman–Crippen LogP) is 4.61. The van der Waals surface area contributed by atoms with Crippen molar-refractivity contribution in [1.82, 2.24) is 10.6 Å². The first kappa shape index (κ1) is 22.9. The molecule has 0 saturated carbocycles. The lowest BCUT2D eigenvalue weighted by molar-refractivity contribution is -0.383. The molecule has 2 aromatic carbocycles. The number of nitro groups is 1. The lowest BCUT2D eigenvalue weighted by Gasteiger charge is -2.27. The zero-order valence-electron chi connectivity index (χ0n) is 13.8. The van der Waals surface area contributed by atoms with Crippen molar-refractivity contribution in [1.29, 1.82) is 0 Å². The van der Waals surface area contributed by atoms with Crippen LogP contribution in [0.25, 0.3) is 0 Å². The lowest BCUT2D eigenvalue weighted by atomic mass is 10.2. The van der Waals surface area contributed by atoms with Crippen molar-refractivity contribution in [3.8, 4) is 0 Å². The molecule has 3 N–H and O–H groups in total. The molecule has 1 amide bonds. The van der Waals surface area contributed by atoms with Gasteiger partial charge in [0.05, 0.1) is 4.92 Å². The number of halogens is 4. The summed E-state index contributed by atoms with van der Waals surface area (Å²) < 4.78 is -1.09. The van der Waals surface area contributed by atoms with Gasteiger partial charge in [0.1, 0.15) is 11.9 Å². The SMILES string of the molecule is O=C(N[C@H](NC(=S)Nc1ccccc1[N+](=O)[O-])C(Cl)(Cl)Cl)c1cccc(I)c1. The van der Waals surface area contributed by atoms with Crippen LogP contribution in [0.3, 0.4) is 0 Å². The van der Waals surface area contributed by atoms with Crippen LogP contribution in [-0.4, -0.2) is 25.9 Å². The summed E-state index contributed by atoms with van der Waals surface area (Å²) in [7, 11) is 0. The quantitative estimate of drug-likeness (QED) is 0.121. The molecule has 148 valence electrons. The topological polar surface area (TPSA) is 96.3 Å². The molecule has 0 radical (unpaired) electrons. The molecule has 2 rings (SSSR count). The van der Waals surface area contributed by atoms with Gasteiger partial charge in [-0.3, -0.25) is 14.9 Å². The lowest BCUT2D eigenvalue weighted by Crippen LogP contribution is -2.56. The number of nitro benzene ring substituents is 1. The summed E-state index contributed by atoms with van der Waals surface area (Å²) in [6.07, 6.45) is -1.20. The Balaban J connectivity index is 2.13. The van der Waals surface area contributed by atoms with E-state index in [1.807, 2.05) is 6.07 Å². The van der Waals surface area contributed by atoms with E-state index in [0.29, 0.717) is 5.56 Å². The number of alkyl halides is 3. The first-order valence-corrected chi connectivity index (χ1v) is 10.1. The van der Waals surface area contributed by atoms with E-state index in [4.69, 9.17) is 47.0 Å². The smallest absolute Gasteiger partial charge is 0.292 e. The monoisotopic (exact) mass is 572 g/mol. The number of carbonyl (C=O) groups excluding carboxylic acids is 1. The average Bonchev–Trinajstić information content (AvgIpc) is 2.60. The Morgan fingerprint density at radius 2 is 1.82 bits per heavy atom. The number of benzene rings is 2. The summed E-state index contributed by atoms with van der Waals surface area (Å²) >= 11 is 25.1. The van der Waals surface area contributed by atoms with Crippen molar-refractivity contribution in [3.63, 3.8) is 0 Å². The summed E-state index contributed by atoms with van der Waals surface area (Å²) in [6, 6.07) is 12.7. The molecule has 12 heteroatoms. The van der Waals surface area contributed by atoms with Gasteiger partial charge in [-0.05, 0) is 59.1 Å². The minimum Gasteiger partial charge on any atom is -0.339 e. The Morgan fingerprint density at radius 3 is 2.43 bits per heavy atom. The second kappa shape index (κ2) is 9.88. The Bertz CT molecular complexity index is 911. The minimum atomic E-state index is -1.95. The number of nitrogens with one attached hydrogen (secondary N) is 3. The van der Waals surface area contributed by atoms with Crippen LogP contribution < -0.4 is 16.0 Å². The van der Waals surface area contributed by atoms with Gasteiger partial charge in [-0.25, -0.2) is 0 Å². The molecule has 2 aromatic rings. The van der Waals surface area contributed by atoms with Gasteiger partial charge in [-0.15, -0.1) is 0 Å². The molecule has 28 heavy (non-hydrogen) atoms. The number of hydrogen-bond acceptors (Lipinski definition) is 4. The van der Waals surface area contributed by atoms with Crippen LogP contribution in [0.15, 0.2) is 48.5 Å². The summed E-state index contributed by atoms with van der Waals surface area (Å²) in [4.78, 5) is 23.0. The van der Waals surface area contributed by atoms with Gasteiger partial charge >= 0.3 is 0 Å². The van der Waals surface area contributed by atoms with Gasteiger partial charge < -0.3 is 16.0 Å². The normalized spacial score (nSPS) is 12.0. The second-order valence-corrected chi connectivity index (χ2v) is 9.35. The molecule has 0 unspecified atom stereocenters. The molecule has 0 aliphatic heterocycles. The maximum absolute atomic E-state index is 12.5. The number of carbonyl (C=O) groups is 1. The number of rotatable bonds is 5. The highest BCUT2D eigenvalue weighted by atomic mass is 127. The van der Waals surface area contributed by atoms with Crippen LogP contribution >= 0.6 is 69.6 Å². The van der Waals surface area contributed by atoms with E-state index >= 15 is 0 Å². The first-order valence-electron chi connectivity index (χ1n) is 7.52. The first-order chi connectivity index (χ1) is 13.1. The van der Waals surface area contributed by atoms with Gasteiger partial charge in [0.2, 0.25) is 3.79 Å². The summed E-state index contributed by atoms with van der Waals surface area (Å²) in [5, 5.41) is 18.9. The van der Waals surface area contributed by atoms with Gasteiger partial charge in [0.25, 0.3) is 11.6 Å². The zero-order chi connectivity index (χ0) is 20.9. The predicted molar refractivity (Wildman–Crippen MR) is 123 cm³/mol. The van der Waals surface area contributed by atoms with Crippen molar-refractivity contribution in [2.75, 3.05) is 5.32 Å². The van der Waals surface area contributed by atoms with Crippen molar-refractivity contribution < 1.29 is 9.72 Å². The number of anilines is 1. The number of para-hydroxylation sites is 2. The van der Waals surface area contributed by atoms with Crippen LogP contribution in [0.1, 0.15) is 10.4 Å². The third kappa shape index (κ3) is 6.59. The molecular weight excluding hydrogens is 562 g/mol. The largest absolute Gasteiger partial charge is 0.339 e. The van der Waals surface area contributed by atoms with E-state index in [-0.39, 0.29) is 16.5 Å². The summed E-state index contributed by atoms with van der Waals surface area (Å²) in [6.45, 7) is 0. The van der Waals surface area contributed by atoms with Gasteiger partial charge in [0, 0.05) is 15.2 Å². The van der Waals surface area contributed by atoms with Gasteiger partial charge in [-0.2, -0.15) is 0 Å². The standard InChI is InChI=1S/C16H12Cl3IN4O3S/c17-16(18,19)14(22-13(25)9-4-3-5-10(20)8-9)23-15(28)21-11-6-1-2-7-12(11)24(26)27/h1-8,14H,(H,22,25)(H2,21,23,28)/t14-/m1/s1. The van der Waals surface area contributed by atoms with E-state index in [2.05, 4.69) is 38.5 Å². The van der Waals surface area contributed by atoms with Crippen molar-refractivity contribution >= 4 is 92.0 Å². The Kier molecular flexibility index (Phi) is 8.07. The maximum Gasteiger partial charge on any atom is 0.292 e. The molecule has 0 bridgehead atoms. The number of nitrogens with zero attached hydrogens (tertiary/aromatic N) is 1. The Labute approximate surface area is 194 Å². The maximum atomic E-state index is 12.5. The molecule has 0 saturated heterocycles. The van der Waals surface area contributed by atoms with Crippen LogP contribution in [0.2, 0.25) is 0 Å². The zero-order valence-corrected chi connectivity index (χ0v) is 19.0. The molecule has 0 heterocycles. The average molecular weight is 574 g/mol. The summed E-state index contributed by atoms with van der Waals surface area (Å²) in [5.41, 5.74) is 0.336. The van der Waals surface area contributed by atoms with Gasteiger partial charge in [0.15, 0.2) is 5.11 Å². The molecule has 0 aliphatic rings. The van der Waals surface area contributed by atoms with E-state index in [9.17, 15) is 14.9 Å². The fraction of sp³-hybridized carbons (Fsp3) is 0.125. The Morgan fingerprint density at radius 1 is 1.14 bits per heavy atom. The molecule has 0 aromatic heterocycles. The van der Waals surface area contributed by atoms with Crippen molar-refractivity contribution in [2.24, 2.45) is 0 Å². The molecule has 0 fully saturated rings. The highest BCUT2D eigenvalue weighted by Gasteiger charge is 2.35. The number of amides is 1. The van der Waals surface area contributed by atoms with E-state index in [1.54, 1.807) is 24.3 Å². The fourth-order valence-corrected chi connectivity index (χ4v) is 3.17. The molecule has 1 atom stereocenters. The number of hydrogen-bond donors (Lipinski definition) is 3. The Hall–Kier alpha value is -1.40. The summed E-state index contributed by atoms with van der Waals surface area (Å²) in [5.74, 6) is -0.490. The van der Waals surface area contributed by atoms with Crippen LogP contribution in [-0.2, 0) is 0 Å². The minimum absolute atomic E-state index is 0.0754. The third-order valence-electron chi connectivity index (χ3n) is 3.31. The third-order valence-corrected chi connectivity index (χ3v) is 4.86. The van der Waals surface area contributed by atoms with Crippen LogP contribution in [0.4, 0.5) is 11.4 Å². The highest BCUT2D eigenvalue weighted by Crippen LogP contribution is 2.30. The van der Waals surface area contributed by atoms with E-state index in [0.717, 1.165) is 3.57 Å². The molecule has 0 aliphatic carbocycles. The highest BCUT2D eigenvalue weighted by molar-refractivity contribution is 14.1. The van der Waals surface area contributed by atoms with Crippen molar-refractivity contribution in [3.05, 3.63) is 67.8 Å². The molecule has 7 nitrogen and oxygen atoms in total. The van der Waals surface area contributed by atoms with Crippen LogP contribution in [0, 0.1) is 13.7 Å². The number of thiocarbonyl (C=S) groups is 1. The van der Waals surface area contributed by atoms with E-state index < -0.39 is 20.8 Å². The van der Waals surface area contributed by atoms with E-state index in [1.165, 1.54) is 18.2 Å². The second-order valence-electron chi connectivity index (χ2n) is 5.33. The molecule has 0 spiro atoms. The molecular formula is C16H12Cl3IN4O3S. The van der Waals surface area contributed by atoms with Crippen molar-refractivity contribution in [2.45, 2.75) is 9.96 Å². The van der Waals surface area contributed by atoms with Gasteiger partial charge in [-0.1, -0.05) is 53.0 Å².